The summed E-state index contributed by atoms with van der Waals surface area (Å²) in [5, 5.41) is 4.43. The van der Waals surface area contributed by atoms with Crippen LogP contribution in [0.5, 0.6) is 11.5 Å². The van der Waals surface area contributed by atoms with E-state index in [1.165, 1.54) is 0 Å². The minimum Gasteiger partial charge on any atom is -0.457 e. The predicted molar refractivity (Wildman–Crippen MR) is 82.7 cm³/mol. The van der Waals surface area contributed by atoms with Crippen molar-refractivity contribution in [2.45, 2.75) is 26.4 Å². The Morgan fingerprint density at radius 2 is 1.90 bits per heavy atom. The molecule has 0 aliphatic heterocycles. The van der Waals surface area contributed by atoms with E-state index in [0.29, 0.717) is 28.4 Å². The van der Waals surface area contributed by atoms with Gasteiger partial charge in [0.05, 0.1) is 0 Å². The van der Waals surface area contributed by atoms with Crippen LogP contribution in [-0.2, 0) is 6.54 Å². The molecule has 1 aromatic heterocycles. The lowest BCUT2D eigenvalue weighted by atomic mass is 10.2. The average molecular weight is 311 g/mol. The molecule has 5 heteroatoms. The van der Waals surface area contributed by atoms with Crippen molar-refractivity contribution in [2.24, 2.45) is 0 Å². The molecule has 1 heterocycles. The number of nitrogens with zero attached hydrogens (tertiary/aromatic N) is 1. The maximum Gasteiger partial charge on any atom is 0.134 e. The summed E-state index contributed by atoms with van der Waals surface area (Å²) in [6.45, 7) is 4.87. The second-order valence-electron chi connectivity index (χ2n) is 4.73. The van der Waals surface area contributed by atoms with Crippen LogP contribution in [0.2, 0.25) is 10.0 Å². The van der Waals surface area contributed by atoms with E-state index < -0.39 is 0 Å². The highest BCUT2D eigenvalue weighted by Crippen LogP contribution is 2.29. The topological polar surface area (TPSA) is 34.2 Å². The second kappa shape index (κ2) is 6.93. The monoisotopic (exact) mass is 310 g/mol. The zero-order valence-electron chi connectivity index (χ0n) is 11.4. The van der Waals surface area contributed by atoms with Crippen LogP contribution in [0.15, 0.2) is 36.7 Å². The fraction of sp³-hybridized carbons (Fsp3) is 0.267. The smallest absolute Gasteiger partial charge is 0.134 e. The van der Waals surface area contributed by atoms with Crippen molar-refractivity contribution in [3.63, 3.8) is 0 Å². The first-order valence-electron chi connectivity index (χ1n) is 6.35. The van der Waals surface area contributed by atoms with Gasteiger partial charge < -0.3 is 10.1 Å². The lowest BCUT2D eigenvalue weighted by Gasteiger charge is -2.13. The van der Waals surface area contributed by atoms with Crippen molar-refractivity contribution in [2.75, 3.05) is 0 Å². The number of halogens is 2. The molecule has 2 rings (SSSR count). The fourth-order valence-corrected chi connectivity index (χ4v) is 2.18. The Morgan fingerprint density at radius 1 is 1.20 bits per heavy atom. The molecule has 0 amide bonds. The molecule has 106 valence electrons. The molecule has 20 heavy (non-hydrogen) atoms. The molecule has 0 aliphatic rings. The van der Waals surface area contributed by atoms with E-state index in [2.05, 4.69) is 24.1 Å². The molecule has 0 saturated heterocycles. The number of ether oxygens (including phenoxy) is 1. The van der Waals surface area contributed by atoms with Gasteiger partial charge in [-0.05, 0) is 24.3 Å². The van der Waals surface area contributed by atoms with E-state index in [0.717, 1.165) is 11.3 Å². The summed E-state index contributed by atoms with van der Waals surface area (Å²) >= 11 is 11.9. The van der Waals surface area contributed by atoms with Crippen LogP contribution >= 0.6 is 23.2 Å². The molecule has 0 bridgehead atoms. The van der Waals surface area contributed by atoms with E-state index in [1.807, 2.05) is 6.07 Å². The Balaban J connectivity index is 2.20. The fourth-order valence-electron chi connectivity index (χ4n) is 1.68. The van der Waals surface area contributed by atoms with Crippen LogP contribution in [0, 0.1) is 0 Å². The Bertz CT molecular complexity index is 568. The molecule has 0 radical (unpaired) electrons. The molecule has 3 nitrogen and oxygen atoms in total. The third kappa shape index (κ3) is 4.37. The molecule has 0 atom stereocenters. The Kier molecular flexibility index (Phi) is 5.24. The van der Waals surface area contributed by atoms with Gasteiger partial charge in [-0.2, -0.15) is 0 Å². The quantitative estimate of drug-likeness (QED) is 0.870. The molecule has 1 aromatic carbocycles. The average Bonchev–Trinajstić information content (AvgIpc) is 2.36. The zero-order chi connectivity index (χ0) is 14.5. The predicted octanol–water partition coefficient (Wildman–Crippen LogP) is 4.68. The Morgan fingerprint density at radius 3 is 2.55 bits per heavy atom. The van der Waals surface area contributed by atoms with Gasteiger partial charge in [-0.15, -0.1) is 0 Å². The van der Waals surface area contributed by atoms with Crippen LogP contribution in [0.4, 0.5) is 0 Å². The highest BCUT2D eigenvalue weighted by molar-refractivity contribution is 6.34. The standard InChI is InChI=1S/C15H16Cl2N2O/c1-10(2)19-9-11-8-18-4-3-15(11)20-14-6-12(16)5-13(17)7-14/h3-8,10,19H,9H2,1-2H3. The van der Waals surface area contributed by atoms with Gasteiger partial charge in [0.25, 0.3) is 0 Å². The Labute approximate surface area is 128 Å². The summed E-state index contributed by atoms with van der Waals surface area (Å²) in [7, 11) is 0. The van der Waals surface area contributed by atoms with Gasteiger partial charge in [0.1, 0.15) is 11.5 Å². The highest BCUT2D eigenvalue weighted by atomic mass is 35.5. The lowest BCUT2D eigenvalue weighted by Crippen LogP contribution is -2.22. The van der Waals surface area contributed by atoms with Crippen LogP contribution in [-0.4, -0.2) is 11.0 Å². The number of aromatic nitrogens is 1. The number of pyridine rings is 1. The van der Waals surface area contributed by atoms with E-state index in [-0.39, 0.29) is 0 Å². The molecular formula is C15H16Cl2N2O. The molecule has 0 unspecified atom stereocenters. The van der Waals surface area contributed by atoms with E-state index in [4.69, 9.17) is 27.9 Å². The van der Waals surface area contributed by atoms with Crippen LogP contribution < -0.4 is 10.1 Å². The van der Waals surface area contributed by atoms with Crippen molar-refractivity contribution >= 4 is 23.2 Å². The molecule has 1 N–H and O–H groups in total. The zero-order valence-corrected chi connectivity index (χ0v) is 12.9. The lowest BCUT2D eigenvalue weighted by molar-refractivity contribution is 0.468. The summed E-state index contributed by atoms with van der Waals surface area (Å²) in [5.41, 5.74) is 0.984. The van der Waals surface area contributed by atoms with Gasteiger partial charge in [0, 0.05) is 40.6 Å². The summed E-state index contributed by atoms with van der Waals surface area (Å²) in [6, 6.07) is 7.35. The molecule has 0 aliphatic carbocycles. The number of rotatable bonds is 5. The van der Waals surface area contributed by atoms with Gasteiger partial charge in [-0.3, -0.25) is 4.98 Å². The molecular weight excluding hydrogens is 295 g/mol. The van der Waals surface area contributed by atoms with Crippen LogP contribution in [0.25, 0.3) is 0 Å². The van der Waals surface area contributed by atoms with Crippen molar-refractivity contribution < 1.29 is 4.74 Å². The molecule has 0 spiro atoms. The van der Waals surface area contributed by atoms with E-state index in [1.54, 1.807) is 30.6 Å². The number of hydrogen-bond acceptors (Lipinski definition) is 3. The highest BCUT2D eigenvalue weighted by Gasteiger charge is 2.07. The Hall–Kier alpha value is -1.29. The van der Waals surface area contributed by atoms with Gasteiger partial charge >= 0.3 is 0 Å². The SMILES string of the molecule is CC(C)NCc1cnccc1Oc1cc(Cl)cc(Cl)c1. The number of nitrogens with one attached hydrogen (secondary N) is 1. The number of benzene rings is 1. The third-order valence-corrected chi connectivity index (χ3v) is 3.06. The first-order chi connectivity index (χ1) is 9.54. The summed E-state index contributed by atoms with van der Waals surface area (Å²) < 4.78 is 5.85. The van der Waals surface area contributed by atoms with Crippen molar-refractivity contribution in [3.05, 3.63) is 52.3 Å². The summed E-state index contributed by atoms with van der Waals surface area (Å²) in [6.07, 6.45) is 3.48. The normalized spacial score (nSPS) is 10.8. The third-order valence-electron chi connectivity index (χ3n) is 2.62. The summed E-state index contributed by atoms with van der Waals surface area (Å²) in [4.78, 5) is 4.13. The first kappa shape index (κ1) is 15.1. The van der Waals surface area contributed by atoms with Crippen LogP contribution in [0.3, 0.4) is 0 Å². The molecule has 0 saturated carbocycles. The maximum absolute atomic E-state index is 5.97. The largest absolute Gasteiger partial charge is 0.457 e. The van der Waals surface area contributed by atoms with Gasteiger partial charge in [0.15, 0.2) is 0 Å². The van der Waals surface area contributed by atoms with Gasteiger partial charge in [-0.25, -0.2) is 0 Å². The van der Waals surface area contributed by atoms with Crippen molar-refractivity contribution in [3.8, 4) is 11.5 Å². The second-order valence-corrected chi connectivity index (χ2v) is 5.60. The first-order valence-corrected chi connectivity index (χ1v) is 7.10. The molecule has 2 aromatic rings. The van der Waals surface area contributed by atoms with Gasteiger partial charge in [0.2, 0.25) is 0 Å². The van der Waals surface area contributed by atoms with E-state index in [9.17, 15) is 0 Å². The van der Waals surface area contributed by atoms with E-state index >= 15 is 0 Å². The van der Waals surface area contributed by atoms with Gasteiger partial charge in [-0.1, -0.05) is 37.0 Å². The number of hydrogen-bond donors (Lipinski definition) is 1. The summed E-state index contributed by atoms with van der Waals surface area (Å²) in [5.74, 6) is 1.35. The maximum atomic E-state index is 5.97. The van der Waals surface area contributed by atoms with Crippen LogP contribution in [0.1, 0.15) is 19.4 Å². The minimum absolute atomic E-state index is 0.392. The van der Waals surface area contributed by atoms with Crippen molar-refractivity contribution in [1.29, 1.82) is 0 Å². The molecule has 0 fully saturated rings. The van der Waals surface area contributed by atoms with Crippen molar-refractivity contribution in [1.82, 2.24) is 10.3 Å². The minimum atomic E-state index is 0.392.